The van der Waals surface area contributed by atoms with Crippen molar-refractivity contribution in [1.29, 1.82) is 0 Å². The third kappa shape index (κ3) is 3.26. The Balaban J connectivity index is 1.49. The van der Waals surface area contributed by atoms with Crippen molar-refractivity contribution >= 4 is 45.0 Å². The largest absolute Gasteiger partial charge is 0.344 e. The lowest BCUT2D eigenvalue weighted by Crippen LogP contribution is -2.48. The van der Waals surface area contributed by atoms with Crippen LogP contribution in [0.4, 0.5) is 5.82 Å². The summed E-state index contributed by atoms with van der Waals surface area (Å²) in [4.78, 5) is 28.7. The number of benzene rings is 1. The van der Waals surface area contributed by atoms with Crippen LogP contribution in [0.15, 0.2) is 42.7 Å². The number of fused-ring (bicyclic) bond motifs is 1. The van der Waals surface area contributed by atoms with E-state index in [-0.39, 0.29) is 11.9 Å². The van der Waals surface area contributed by atoms with E-state index in [1.165, 1.54) is 10.4 Å². The Morgan fingerprint density at radius 2 is 1.89 bits per heavy atom. The Bertz CT molecular complexity index is 984. The lowest BCUT2D eigenvalue weighted by molar-refractivity contribution is -0.132. The van der Waals surface area contributed by atoms with Crippen molar-refractivity contribution < 1.29 is 4.79 Å². The van der Waals surface area contributed by atoms with Gasteiger partial charge in [-0.25, -0.2) is 9.97 Å². The van der Waals surface area contributed by atoms with Gasteiger partial charge in [0.15, 0.2) is 0 Å². The van der Waals surface area contributed by atoms with Crippen molar-refractivity contribution in [2.45, 2.75) is 18.9 Å². The monoisotopic (exact) mass is 410 g/mol. The summed E-state index contributed by atoms with van der Waals surface area (Å²) in [5.74, 6) is 3.26. The fraction of sp³-hybridized carbons (Fsp3) is 0.381. The summed E-state index contributed by atoms with van der Waals surface area (Å²) in [6, 6.07) is 12.5. The molecule has 0 aliphatic carbocycles. The molecule has 2 aliphatic heterocycles. The predicted octanol–water partition coefficient (Wildman–Crippen LogP) is 3.90. The SMILES string of the molecule is O=C(C1CCCN1c1ncnc2sc(-c3ccccc3)cc12)N1CCSCC1. The highest BCUT2D eigenvalue weighted by Gasteiger charge is 2.35. The van der Waals surface area contributed by atoms with Crippen molar-refractivity contribution in [1.82, 2.24) is 14.9 Å². The van der Waals surface area contributed by atoms with Gasteiger partial charge < -0.3 is 9.80 Å². The molecule has 1 atom stereocenters. The molecular formula is C21H22N4OS2. The van der Waals surface area contributed by atoms with Gasteiger partial charge in [0.1, 0.15) is 23.0 Å². The van der Waals surface area contributed by atoms with Gasteiger partial charge in [-0.2, -0.15) is 11.8 Å². The van der Waals surface area contributed by atoms with Gasteiger partial charge in [0.2, 0.25) is 5.91 Å². The minimum absolute atomic E-state index is 0.0960. The first kappa shape index (κ1) is 17.9. The van der Waals surface area contributed by atoms with Crippen LogP contribution < -0.4 is 4.90 Å². The van der Waals surface area contributed by atoms with Crippen LogP contribution in [0.25, 0.3) is 20.7 Å². The second kappa shape index (κ2) is 7.72. The van der Waals surface area contributed by atoms with E-state index in [1.807, 2.05) is 22.7 Å². The van der Waals surface area contributed by atoms with E-state index >= 15 is 0 Å². The van der Waals surface area contributed by atoms with Crippen LogP contribution in [-0.4, -0.2) is 58.0 Å². The number of carbonyl (C=O) groups excluding carboxylic acids is 1. The number of hydrogen-bond donors (Lipinski definition) is 0. The lowest BCUT2D eigenvalue weighted by atomic mass is 10.1. The first-order valence-corrected chi connectivity index (χ1v) is 11.7. The van der Waals surface area contributed by atoms with Gasteiger partial charge in [-0.3, -0.25) is 4.79 Å². The Hall–Kier alpha value is -2.12. The summed E-state index contributed by atoms with van der Waals surface area (Å²) in [6.45, 7) is 2.61. The molecule has 7 heteroatoms. The molecule has 2 fully saturated rings. The molecule has 5 rings (SSSR count). The van der Waals surface area contributed by atoms with E-state index in [0.717, 1.165) is 60.0 Å². The first-order valence-electron chi connectivity index (χ1n) is 9.74. The molecule has 0 bridgehead atoms. The normalized spacial score (nSPS) is 20.1. The fourth-order valence-corrected chi connectivity index (χ4v) is 5.99. The molecule has 1 amide bonds. The van der Waals surface area contributed by atoms with Gasteiger partial charge in [0.25, 0.3) is 0 Å². The van der Waals surface area contributed by atoms with Crippen molar-refractivity contribution in [3.05, 3.63) is 42.7 Å². The first-order chi connectivity index (χ1) is 13.8. The molecule has 1 aromatic carbocycles. The lowest BCUT2D eigenvalue weighted by Gasteiger charge is -2.33. The van der Waals surface area contributed by atoms with E-state index in [0.29, 0.717) is 0 Å². The fourth-order valence-electron chi connectivity index (χ4n) is 4.09. The summed E-state index contributed by atoms with van der Waals surface area (Å²) in [6.07, 6.45) is 3.57. The average Bonchev–Trinajstić information content (AvgIpc) is 3.41. The second-order valence-corrected chi connectivity index (χ2v) is 9.44. The van der Waals surface area contributed by atoms with E-state index in [1.54, 1.807) is 17.7 Å². The average molecular weight is 411 g/mol. The van der Waals surface area contributed by atoms with Crippen LogP contribution in [0.1, 0.15) is 12.8 Å². The molecular weight excluding hydrogens is 388 g/mol. The van der Waals surface area contributed by atoms with E-state index < -0.39 is 0 Å². The highest BCUT2D eigenvalue weighted by atomic mass is 32.2. The minimum Gasteiger partial charge on any atom is -0.344 e. The number of rotatable bonds is 3. The Morgan fingerprint density at radius 1 is 1.07 bits per heavy atom. The Labute approximate surface area is 172 Å². The standard InChI is InChI=1S/C21H22N4OS2/c26-21(24-9-11-27-12-10-24)17-7-4-8-25(17)19-16-13-18(15-5-2-1-3-6-15)28-20(16)23-14-22-19/h1-3,5-6,13-14,17H,4,7-12H2. The quantitative estimate of drug-likeness (QED) is 0.655. The zero-order valence-corrected chi connectivity index (χ0v) is 17.2. The van der Waals surface area contributed by atoms with Crippen LogP contribution in [0.2, 0.25) is 0 Å². The van der Waals surface area contributed by atoms with Crippen molar-refractivity contribution in [2.75, 3.05) is 36.0 Å². The zero-order valence-electron chi connectivity index (χ0n) is 15.6. The molecule has 5 nitrogen and oxygen atoms in total. The molecule has 0 N–H and O–H groups in total. The van der Waals surface area contributed by atoms with Crippen LogP contribution in [-0.2, 0) is 4.79 Å². The van der Waals surface area contributed by atoms with Gasteiger partial charge in [-0.15, -0.1) is 11.3 Å². The molecule has 3 aromatic rings. The Morgan fingerprint density at radius 3 is 2.71 bits per heavy atom. The molecule has 4 heterocycles. The van der Waals surface area contributed by atoms with Gasteiger partial charge in [-0.1, -0.05) is 30.3 Å². The van der Waals surface area contributed by atoms with Gasteiger partial charge in [-0.05, 0) is 24.5 Å². The number of aromatic nitrogens is 2. The van der Waals surface area contributed by atoms with Crippen LogP contribution in [0.5, 0.6) is 0 Å². The number of anilines is 1. The van der Waals surface area contributed by atoms with Crippen molar-refractivity contribution in [3.63, 3.8) is 0 Å². The molecule has 0 spiro atoms. The maximum Gasteiger partial charge on any atom is 0.245 e. The molecule has 0 saturated carbocycles. The van der Waals surface area contributed by atoms with Gasteiger partial charge in [0.05, 0.1) is 5.39 Å². The molecule has 28 heavy (non-hydrogen) atoms. The van der Waals surface area contributed by atoms with Crippen LogP contribution in [0, 0.1) is 0 Å². The Kier molecular flexibility index (Phi) is 4.94. The van der Waals surface area contributed by atoms with Crippen LogP contribution in [0.3, 0.4) is 0 Å². The van der Waals surface area contributed by atoms with E-state index in [4.69, 9.17) is 0 Å². The third-order valence-electron chi connectivity index (χ3n) is 5.50. The highest BCUT2D eigenvalue weighted by Crippen LogP contribution is 2.38. The van der Waals surface area contributed by atoms with Gasteiger partial charge in [0, 0.05) is 36.0 Å². The molecule has 2 saturated heterocycles. The predicted molar refractivity (Wildman–Crippen MR) is 117 cm³/mol. The summed E-state index contributed by atoms with van der Waals surface area (Å²) in [5.41, 5.74) is 1.19. The molecule has 1 unspecified atom stereocenters. The molecule has 2 aromatic heterocycles. The molecule has 144 valence electrons. The number of carbonyl (C=O) groups is 1. The maximum absolute atomic E-state index is 13.2. The number of thioether (sulfide) groups is 1. The number of amides is 1. The van der Waals surface area contributed by atoms with Crippen molar-refractivity contribution in [3.8, 4) is 10.4 Å². The summed E-state index contributed by atoms with van der Waals surface area (Å²) in [7, 11) is 0. The summed E-state index contributed by atoms with van der Waals surface area (Å²) in [5, 5.41) is 1.06. The summed E-state index contributed by atoms with van der Waals surface area (Å²) >= 11 is 3.62. The van der Waals surface area contributed by atoms with Crippen LogP contribution >= 0.6 is 23.1 Å². The zero-order chi connectivity index (χ0) is 18.9. The molecule has 0 radical (unpaired) electrons. The number of thiophene rings is 1. The third-order valence-corrected chi connectivity index (χ3v) is 7.53. The van der Waals surface area contributed by atoms with E-state index in [9.17, 15) is 4.79 Å². The van der Waals surface area contributed by atoms with Gasteiger partial charge >= 0.3 is 0 Å². The highest BCUT2D eigenvalue weighted by molar-refractivity contribution is 7.99. The second-order valence-electron chi connectivity index (χ2n) is 7.18. The smallest absolute Gasteiger partial charge is 0.245 e. The number of hydrogen-bond acceptors (Lipinski definition) is 6. The minimum atomic E-state index is -0.0960. The van der Waals surface area contributed by atoms with Crippen molar-refractivity contribution in [2.24, 2.45) is 0 Å². The topological polar surface area (TPSA) is 49.3 Å². The maximum atomic E-state index is 13.2. The summed E-state index contributed by atoms with van der Waals surface area (Å²) < 4.78 is 0. The molecule has 2 aliphatic rings. The van der Waals surface area contributed by atoms with E-state index in [2.05, 4.69) is 45.2 Å². The number of nitrogens with zero attached hydrogens (tertiary/aromatic N) is 4.